The van der Waals surface area contributed by atoms with Crippen molar-refractivity contribution in [2.45, 2.75) is 50.8 Å². The Kier molecular flexibility index (Phi) is 8.64. The summed E-state index contributed by atoms with van der Waals surface area (Å²) in [6, 6.07) is 39.9. The molecule has 0 spiro atoms. The lowest BCUT2D eigenvalue weighted by molar-refractivity contribution is -0.171. The lowest BCUT2D eigenvalue weighted by atomic mass is 10.0. The van der Waals surface area contributed by atoms with Gasteiger partial charge in [0.15, 0.2) is 0 Å². The summed E-state index contributed by atoms with van der Waals surface area (Å²) < 4.78 is 21.8. The molecular formula is C35H34N2O4. The first-order valence-corrected chi connectivity index (χ1v) is 14.0. The van der Waals surface area contributed by atoms with Crippen LogP contribution in [-0.4, -0.2) is 26.9 Å². The van der Waals surface area contributed by atoms with Crippen molar-refractivity contribution < 1.29 is 19.3 Å². The number of rotatable bonds is 11. The number of nitrogens with zero attached hydrogens (tertiary/aromatic N) is 2. The van der Waals surface area contributed by atoms with Crippen molar-refractivity contribution in [1.29, 1.82) is 0 Å². The number of aliphatic hydroxyl groups excluding tert-OH is 1. The molecule has 6 rings (SSSR count). The zero-order valence-corrected chi connectivity index (χ0v) is 22.8. The maximum absolute atomic E-state index is 11.2. The summed E-state index contributed by atoms with van der Waals surface area (Å²) in [4.78, 5) is 4.93. The zero-order valence-electron chi connectivity index (χ0n) is 22.8. The highest BCUT2D eigenvalue weighted by atomic mass is 16.6. The monoisotopic (exact) mass is 546 g/mol. The molecule has 208 valence electrons. The molecule has 0 aliphatic carbocycles. The van der Waals surface area contributed by atoms with Crippen molar-refractivity contribution in [2.24, 2.45) is 0 Å². The third kappa shape index (κ3) is 6.64. The van der Waals surface area contributed by atoms with Gasteiger partial charge in [0.2, 0.25) is 0 Å². The van der Waals surface area contributed by atoms with Crippen LogP contribution in [0.2, 0.25) is 0 Å². The van der Waals surface area contributed by atoms with E-state index >= 15 is 0 Å². The van der Waals surface area contributed by atoms with Crippen LogP contribution in [0.4, 0.5) is 0 Å². The van der Waals surface area contributed by atoms with Crippen LogP contribution in [0.5, 0.6) is 0 Å². The smallest absolute Gasteiger partial charge is 0.144 e. The van der Waals surface area contributed by atoms with Gasteiger partial charge in [-0.2, -0.15) is 0 Å². The molecule has 0 saturated carbocycles. The highest BCUT2D eigenvalue weighted by Crippen LogP contribution is 2.36. The quantitative estimate of drug-likeness (QED) is 0.208. The van der Waals surface area contributed by atoms with Crippen LogP contribution in [0.1, 0.15) is 46.0 Å². The number of hydrogen-bond donors (Lipinski definition) is 1. The van der Waals surface area contributed by atoms with Crippen LogP contribution in [0.15, 0.2) is 128 Å². The Morgan fingerprint density at radius 2 is 1.15 bits per heavy atom. The molecule has 0 bridgehead atoms. The highest BCUT2D eigenvalue weighted by Gasteiger charge is 2.41. The molecule has 6 nitrogen and oxygen atoms in total. The van der Waals surface area contributed by atoms with E-state index in [2.05, 4.69) is 28.8 Å². The fourth-order valence-electron chi connectivity index (χ4n) is 5.22. The molecule has 0 amide bonds. The molecule has 2 heterocycles. The maximum atomic E-state index is 11.2. The number of aromatic nitrogens is 2. The Labute approximate surface area is 240 Å². The summed E-state index contributed by atoms with van der Waals surface area (Å²) in [5, 5.41) is 11.2. The third-order valence-corrected chi connectivity index (χ3v) is 7.38. The summed E-state index contributed by atoms with van der Waals surface area (Å²) in [6.45, 7) is 1.79. The minimum atomic E-state index is -0.851. The van der Waals surface area contributed by atoms with Crippen molar-refractivity contribution in [2.75, 3.05) is 0 Å². The summed E-state index contributed by atoms with van der Waals surface area (Å²) >= 11 is 0. The lowest BCUT2D eigenvalue weighted by Crippen LogP contribution is -2.45. The molecule has 1 aliphatic rings. The van der Waals surface area contributed by atoms with Gasteiger partial charge in [0.05, 0.1) is 32.1 Å². The Morgan fingerprint density at radius 1 is 0.659 bits per heavy atom. The van der Waals surface area contributed by atoms with Gasteiger partial charge in [0.25, 0.3) is 0 Å². The predicted octanol–water partition coefficient (Wildman–Crippen LogP) is 6.41. The van der Waals surface area contributed by atoms with E-state index in [1.807, 2.05) is 103 Å². The number of fused-ring (bicyclic) bond motifs is 1. The van der Waals surface area contributed by atoms with Crippen LogP contribution in [-0.2, 0) is 40.6 Å². The molecular weight excluding hydrogens is 512 g/mol. The number of imidazole rings is 1. The number of ether oxygens (including phenoxy) is 3. The van der Waals surface area contributed by atoms with E-state index in [-0.39, 0.29) is 6.10 Å². The molecule has 1 aromatic heterocycles. The minimum Gasteiger partial charge on any atom is -0.382 e. The van der Waals surface area contributed by atoms with Gasteiger partial charge in [-0.05, 0) is 22.3 Å². The fraction of sp³-hybridized carbons (Fsp3) is 0.229. The van der Waals surface area contributed by atoms with Crippen molar-refractivity contribution in [1.82, 2.24) is 9.55 Å². The van der Waals surface area contributed by atoms with Crippen molar-refractivity contribution in [3.63, 3.8) is 0 Å². The molecule has 0 fully saturated rings. The molecule has 6 heteroatoms. The molecule has 4 aromatic carbocycles. The first kappa shape index (κ1) is 27.1. The molecule has 1 unspecified atom stereocenters. The summed E-state index contributed by atoms with van der Waals surface area (Å²) in [5.74, 6) is 0.725. The van der Waals surface area contributed by atoms with E-state index in [1.54, 1.807) is 0 Å². The second kappa shape index (κ2) is 13.1. The first-order valence-electron chi connectivity index (χ1n) is 14.0. The van der Waals surface area contributed by atoms with Crippen LogP contribution < -0.4 is 0 Å². The average Bonchev–Trinajstić information content (AvgIpc) is 3.47. The number of hydrogen-bond acceptors (Lipinski definition) is 5. The third-order valence-electron chi connectivity index (χ3n) is 7.38. The SMILES string of the molecule is OC(c1ccccc1)c1cn2c(n1)[C@H](OCc1ccccc1)[C@@H](OCc1ccccc1)[C@@H](OCc1ccccc1)C2. The number of benzene rings is 4. The van der Waals surface area contributed by atoms with Crippen LogP contribution >= 0.6 is 0 Å². The molecule has 1 aliphatic heterocycles. The van der Waals surface area contributed by atoms with Crippen molar-refractivity contribution in [3.8, 4) is 0 Å². The normalized spacial score (nSPS) is 19.0. The van der Waals surface area contributed by atoms with Crippen molar-refractivity contribution in [3.05, 3.63) is 161 Å². The molecule has 0 saturated heterocycles. The van der Waals surface area contributed by atoms with Gasteiger partial charge in [-0.25, -0.2) is 4.98 Å². The second-order valence-corrected chi connectivity index (χ2v) is 10.3. The first-order chi connectivity index (χ1) is 20.2. The fourth-order valence-corrected chi connectivity index (χ4v) is 5.22. The Morgan fingerprint density at radius 3 is 1.71 bits per heavy atom. The molecule has 0 radical (unpaired) electrons. The Balaban J connectivity index is 1.33. The van der Waals surface area contributed by atoms with E-state index in [9.17, 15) is 5.11 Å². The lowest BCUT2D eigenvalue weighted by Gasteiger charge is -2.38. The Hall–Kier alpha value is -4.07. The Bertz CT molecular complexity index is 1490. The summed E-state index contributed by atoms with van der Waals surface area (Å²) in [5.41, 5.74) is 4.59. The van der Waals surface area contributed by atoms with Crippen molar-refractivity contribution >= 4 is 0 Å². The maximum Gasteiger partial charge on any atom is 0.144 e. The van der Waals surface area contributed by atoms with E-state index in [4.69, 9.17) is 19.2 Å². The zero-order chi connectivity index (χ0) is 27.9. The van der Waals surface area contributed by atoms with Gasteiger partial charge in [-0.3, -0.25) is 0 Å². The van der Waals surface area contributed by atoms with E-state index in [1.165, 1.54) is 0 Å². The molecule has 41 heavy (non-hydrogen) atoms. The van der Waals surface area contributed by atoms with E-state index in [0.29, 0.717) is 32.1 Å². The van der Waals surface area contributed by atoms with E-state index in [0.717, 1.165) is 28.1 Å². The van der Waals surface area contributed by atoms with Gasteiger partial charge in [-0.15, -0.1) is 0 Å². The average molecular weight is 547 g/mol. The topological polar surface area (TPSA) is 65.7 Å². The summed E-state index contributed by atoms with van der Waals surface area (Å²) in [7, 11) is 0. The summed E-state index contributed by atoms with van der Waals surface area (Å²) in [6.07, 6.45) is -0.165. The van der Waals surface area contributed by atoms with Crippen LogP contribution in [0.25, 0.3) is 0 Å². The molecule has 5 aromatic rings. The van der Waals surface area contributed by atoms with Gasteiger partial charge in [0, 0.05) is 6.20 Å². The molecule has 4 atom stereocenters. The van der Waals surface area contributed by atoms with Crippen LogP contribution in [0, 0.1) is 0 Å². The second-order valence-electron chi connectivity index (χ2n) is 10.3. The standard InChI is InChI=1S/C35H34N2O4/c38-32(29-19-11-4-12-20-29)30-21-37-22-31(39-23-26-13-5-1-6-14-26)33(40-24-27-15-7-2-8-16-27)34(35(37)36-30)41-25-28-17-9-3-10-18-28/h1-21,31-34,38H,22-25H2/t31-,32?,33-,34+/m0/s1. The number of aliphatic hydroxyl groups is 1. The highest BCUT2D eigenvalue weighted by molar-refractivity contribution is 5.27. The largest absolute Gasteiger partial charge is 0.382 e. The minimum absolute atomic E-state index is 0.303. The van der Waals surface area contributed by atoms with Gasteiger partial charge >= 0.3 is 0 Å². The van der Waals surface area contributed by atoms with Gasteiger partial charge in [-0.1, -0.05) is 121 Å². The van der Waals surface area contributed by atoms with Gasteiger partial charge in [0.1, 0.15) is 30.2 Å². The molecule has 1 N–H and O–H groups in total. The predicted molar refractivity (Wildman–Crippen MR) is 157 cm³/mol. The van der Waals surface area contributed by atoms with E-state index < -0.39 is 18.3 Å². The van der Waals surface area contributed by atoms with Gasteiger partial charge < -0.3 is 23.9 Å². The van der Waals surface area contributed by atoms with Crippen LogP contribution in [0.3, 0.4) is 0 Å².